The molecular formula is C13H22N2O2. The average molecular weight is 238 g/mol. The van der Waals surface area contributed by atoms with E-state index in [0.717, 1.165) is 5.57 Å². The van der Waals surface area contributed by atoms with Crippen molar-refractivity contribution in [2.75, 3.05) is 14.1 Å². The normalized spacial score (nSPS) is 12.7. The van der Waals surface area contributed by atoms with Gasteiger partial charge in [-0.15, -0.1) is 0 Å². The Labute approximate surface area is 104 Å². The Bertz CT molecular complexity index is 347. The van der Waals surface area contributed by atoms with Gasteiger partial charge in [0.2, 0.25) is 0 Å². The fourth-order valence-corrected chi connectivity index (χ4v) is 0.907. The van der Waals surface area contributed by atoms with Gasteiger partial charge >= 0.3 is 5.97 Å². The van der Waals surface area contributed by atoms with E-state index < -0.39 is 5.60 Å². The summed E-state index contributed by atoms with van der Waals surface area (Å²) in [5, 5.41) is 5.71. The van der Waals surface area contributed by atoms with Crippen molar-refractivity contribution in [2.45, 2.75) is 33.3 Å². The molecule has 4 nitrogen and oxygen atoms in total. The number of carbonyl (C=O) groups excluding carboxylic acids is 1. The van der Waals surface area contributed by atoms with Crippen molar-refractivity contribution in [1.29, 1.82) is 0 Å². The molecule has 0 unspecified atom stereocenters. The number of hydrogen-bond acceptors (Lipinski definition) is 4. The number of nitrogens with zero attached hydrogens (tertiary/aromatic N) is 2. The quantitative estimate of drug-likeness (QED) is 0.248. The minimum atomic E-state index is -0.494. The summed E-state index contributed by atoms with van der Waals surface area (Å²) in [5.74, 6) is -0.388. The summed E-state index contributed by atoms with van der Waals surface area (Å²) in [6, 6.07) is 0. The van der Waals surface area contributed by atoms with E-state index >= 15 is 0 Å². The monoisotopic (exact) mass is 238 g/mol. The van der Waals surface area contributed by atoms with Gasteiger partial charge in [0, 0.05) is 25.7 Å². The third kappa shape index (κ3) is 8.25. The predicted octanol–water partition coefficient (Wildman–Crippen LogP) is 2.38. The highest BCUT2D eigenvalue weighted by Gasteiger charge is 2.14. The minimum Gasteiger partial charge on any atom is -0.457 e. The van der Waals surface area contributed by atoms with Gasteiger partial charge in [-0.2, -0.15) is 5.10 Å². The van der Waals surface area contributed by atoms with E-state index in [9.17, 15) is 4.79 Å². The van der Waals surface area contributed by atoms with E-state index in [1.807, 2.05) is 27.7 Å². The van der Waals surface area contributed by atoms with Crippen molar-refractivity contribution in [3.05, 3.63) is 23.8 Å². The molecule has 0 aliphatic heterocycles. The van der Waals surface area contributed by atoms with Gasteiger partial charge in [0.05, 0.1) is 6.21 Å². The zero-order valence-electron chi connectivity index (χ0n) is 11.6. The van der Waals surface area contributed by atoms with E-state index in [-0.39, 0.29) is 5.97 Å². The van der Waals surface area contributed by atoms with Crippen LogP contribution in [-0.2, 0) is 9.53 Å². The third-order valence-corrected chi connectivity index (χ3v) is 1.60. The SMILES string of the molecule is C=C(C)C(C=NN(C)C)=CC(=O)OC(C)(C)C. The molecule has 17 heavy (non-hydrogen) atoms. The molecule has 0 amide bonds. The fourth-order valence-electron chi connectivity index (χ4n) is 0.907. The number of hydrogen-bond donors (Lipinski definition) is 0. The molecule has 0 N–H and O–H groups in total. The molecule has 0 aromatic carbocycles. The summed E-state index contributed by atoms with van der Waals surface area (Å²) >= 11 is 0. The summed E-state index contributed by atoms with van der Waals surface area (Å²) in [6.07, 6.45) is 2.99. The zero-order chi connectivity index (χ0) is 13.6. The van der Waals surface area contributed by atoms with Gasteiger partial charge in [-0.25, -0.2) is 4.79 Å². The molecule has 4 heteroatoms. The number of hydrazone groups is 1. The number of ether oxygens (including phenoxy) is 1. The van der Waals surface area contributed by atoms with Crippen LogP contribution in [0.2, 0.25) is 0 Å². The lowest BCUT2D eigenvalue weighted by Crippen LogP contribution is -2.23. The molecule has 0 spiro atoms. The van der Waals surface area contributed by atoms with Crippen molar-refractivity contribution < 1.29 is 9.53 Å². The van der Waals surface area contributed by atoms with Crippen LogP contribution in [0.4, 0.5) is 0 Å². The molecule has 0 saturated carbocycles. The van der Waals surface area contributed by atoms with Gasteiger partial charge < -0.3 is 9.75 Å². The van der Waals surface area contributed by atoms with Crippen LogP contribution < -0.4 is 0 Å². The molecule has 0 bridgehead atoms. The highest BCUT2D eigenvalue weighted by molar-refractivity contribution is 5.94. The number of allylic oxidation sites excluding steroid dienone is 2. The summed E-state index contributed by atoms with van der Waals surface area (Å²) in [5.41, 5.74) is 0.932. The van der Waals surface area contributed by atoms with Crippen molar-refractivity contribution >= 4 is 12.2 Å². The third-order valence-electron chi connectivity index (χ3n) is 1.60. The molecule has 0 aromatic rings. The molecule has 0 aliphatic carbocycles. The summed E-state index contributed by atoms with van der Waals surface area (Å²) < 4.78 is 5.19. The lowest BCUT2D eigenvalue weighted by molar-refractivity contribution is -0.148. The van der Waals surface area contributed by atoms with Crippen molar-refractivity contribution in [3.63, 3.8) is 0 Å². The van der Waals surface area contributed by atoms with Crippen LogP contribution in [0.25, 0.3) is 0 Å². The van der Waals surface area contributed by atoms with Crippen LogP contribution in [0.15, 0.2) is 28.9 Å². The van der Waals surface area contributed by atoms with Crippen LogP contribution in [-0.4, -0.2) is 36.9 Å². The van der Waals surface area contributed by atoms with E-state index in [1.54, 1.807) is 25.3 Å². The van der Waals surface area contributed by atoms with Crippen molar-refractivity contribution in [1.82, 2.24) is 5.01 Å². The first-order valence-electron chi connectivity index (χ1n) is 5.43. The Kier molecular flexibility index (Phi) is 5.65. The maximum Gasteiger partial charge on any atom is 0.331 e. The smallest absolute Gasteiger partial charge is 0.331 e. The zero-order valence-corrected chi connectivity index (χ0v) is 11.6. The van der Waals surface area contributed by atoms with Gasteiger partial charge in [0.15, 0.2) is 0 Å². The highest BCUT2D eigenvalue weighted by atomic mass is 16.6. The van der Waals surface area contributed by atoms with E-state index in [0.29, 0.717) is 5.57 Å². The Morgan fingerprint density at radius 3 is 2.24 bits per heavy atom. The number of rotatable bonds is 4. The first kappa shape index (κ1) is 15.4. The highest BCUT2D eigenvalue weighted by Crippen LogP contribution is 2.10. The Morgan fingerprint density at radius 2 is 1.88 bits per heavy atom. The van der Waals surface area contributed by atoms with Gasteiger partial charge in [-0.3, -0.25) is 0 Å². The van der Waals surface area contributed by atoms with Crippen molar-refractivity contribution in [2.24, 2.45) is 5.10 Å². The first-order valence-corrected chi connectivity index (χ1v) is 5.43. The van der Waals surface area contributed by atoms with E-state index in [2.05, 4.69) is 11.7 Å². The maximum atomic E-state index is 11.6. The van der Waals surface area contributed by atoms with Gasteiger partial charge in [0.1, 0.15) is 5.60 Å². The molecule has 0 saturated heterocycles. The lowest BCUT2D eigenvalue weighted by atomic mass is 10.1. The Balaban J connectivity index is 4.83. The van der Waals surface area contributed by atoms with Crippen molar-refractivity contribution in [3.8, 4) is 0 Å². The van der Waals surface area contributed by atoms with E-state index in [1.165, 1.54) is 6.08 Å². The van der Waals surface area contributed by atoms with Crippen LogP contribution in [0.3, 0.4) is 0 Å². The summed E-state index contributed by atoms with van der Waals surface area (Å²) in [4.78, 5) is 11.6. The minimum absolute atomic E-state index is 0.388. The fraction of sp³-hybridized carbons (Fsp3) is 0.538. The number of esters is 1. The molecule has 0 rings (SSSR count). The molecule has 96 valence electrons. The topological polar surface area (TPSA) is 41.9 Å². The molecule has 0 heterocycles. The molecule has 0 atom stereocenters. The largest absolute Gasteiger partial charge is 0.457 e. The Hall–Kier alpha value is -1.58. The average Bonchev–Trinajstić information content (AvgIpc) is 2.08. The van der Waals surface area contributed by atoms with Crippen LogP contribution >= 0.6 is 0 Å². The second-order valence-electron chi connectivity index (χ2n) is 5.01. The van der Waals surface area contributed by atoms with Gasteiger partial charge in [0.25, 0.3) is 0 Å². The molecular weight excluding hydrogens is 216 g/mol. The molecule has 0 fully saturated rings. The number of carbonyl (C=O) groups is 1. The summed E-state index contributed by atoms with van der Waals surface area (Å²) in [7, 11) is 3.61. The Morgan fingerprint density at radius 1 is 1.35 bits per heavy atom. The maximum absolute atomic E-state index is 11.6. The molecule has 0 aromatic heterocycles. The predicted molar refractivity (Wildman–Crippen MR) is 70.9 cm³/mol. The summed E-state index contributed by atoms with van der Waals surface area (Å²) in [6.45, 7) is 11.1. The van der Waals surface area contributed by atoms with Gasteiger partial charge in [-0.05, 0) is 33.3 Å². The van der Waals surface area contributed by atoms with Gasteiger partial charge in [-0.1, -0.05) is 6.58 Å². The van der Waals surface area contributed by atoms with Crippen LogP contribution in [0.5, 0.6) is 0 Å². The first-order chi connectivity index (χ1) is 7.61. The lowest BCUT2D eigenvalue weighted by Gasteiger charge is -2.18. The van der Waals surface area contributed by atoms with Crippen LogP contribution in [0, 0.1) is 0 Å². The molecule has 0 aliphatic rings. The van der Waals surface area contributed by atoms with E-state index in [4.69, 9.17) is 4.74 Å². The second-order valence-corrected chi connectivity index (χ2v) is 5.01. The molecule has 0 radical (unpaired) electrons. The second kappa shape index (κ2) is 6.23. The standard InChI is InChI=1S/C13H22N2O2/c1-10(2)11(9-14-15(6)7)8-12(16)17-13(3,4)5/h8-9H,1H2,2-7H3. The van der Waals surface area contributed by atoms with Crippen LogP contribution in [0.1, 0.15) is 27.7 Å².